The molecule has 2 aromatic rings. The molecule has 150 valence electrons. The molecule has 9 heteroatoms. The number of benzene rings is 1. The lowest BCUT2D eigenvalue weighted by Crippen LogP contribution is -3.06. The zero-order valence-electron chi connectivity index (χ0n) is 15.9. The maximum atomic E-state index is 13.1. The normalized spacial score (nSPS) is 12.4. The Morgan fingerprint density at radius 2 is 1.71 bits per heavy atom. The lowest BCUT2D eigenvalue weighted by Gasteiger charge is -2.18. The monoisotopic (exact) mass is 405 g/mol. The molecule has 28 heavy (non-hydrogen) atoms. The third-order valence-corrected chi connectivity index (χ3v) is 6.18. The summed E-state index contributed by atoms with van der Waals surface area (Å²) in [5.74, 6) is -1.66. The highest BCUT2D eigenvalue weighted by Crippen LogP contribution is 2.27. The van der Waals surface area contributed by atoms with Crippen LogP contribution in [0.2, 0.25) is 0 Å². The number of sulfone groups is 1. The van der Waals surface area contributed by atoms with Crippen LogP contribution in [0, 0.1) is 0 Å². The summed E-state index contributed by atoms with van der Waals surface area (Å²) in [6.45, 7) is 0.775. The highest BCUT2D eigenvalue weighted by Gasteiger charge is 2.30. The topological polar surface area (TPSA) is 110 Å². The molecule has 0 saturated carbocycles. The van der Waals surface area contributed by atoms with Crippen molar-refractivity contribution >= 4 is 21.7 Å². The van der Waals surface area contributed by atoms with Gasteiger partial charge in [0.15, 0.2) is 9.84 Å². The van der Waals surface area contributed by atoms with E-state index in [0.29, 0.717) is 18.7 Å². The summed E-state index contributed by atoms with van der Waals surface area (Å²) in [4.78, 5) is 29.2. The van der Waals surface area contributed by atoms with Gasteiger partial charge in [-0.25, -0.2) is 8.42 Å². The van der Waals surface area contributed by atoms with Gasteiger partial charge in [0, 0.05) is 18.9 Å². The smallest absolute Gasteiger partial charge is 0.309 e. The lowest BCUT2D eigenvalue weighted by molar-refractivity contribution is -0.856. The van der Waals surface area contributed by atoms with Crippen LogP contribution in [0.5, 0.6) is 0 Å². The van der Waals surface area contributed by atoms with Crippen molar-refractivity contribution in [2.75, 3.05) is 33.7 Å². The summed E-state index contributed by atoms with van der Waals surface area (Å²) in [5, 5.41) is 3.88. The predicted octanol–water partition coefficient (Wildman–Crippen LogP) is -1.03. The summed E-state index contributed by atoms with van der Waals surface area (Å²) in [7, 11) is 0.0660. The van der Waals surface area contributed by atoms with Gasteiger partial charge >= 0.3 is 11.8 Å². The van der Waals surface area contributed by atoms with Crippen LogP contribution in [0.15, 0.2) is 59.8 Å². The number of aromatic nitrogens is 1. The molecule has 0 aliphatic heterocycles. The number of hydrogen-bond donors (Lipinski definition) is 3. The third-order valence-electron chi connectivity index (χ3n) is 4.07. The second-order valence-electron chi connectivity index (χ2n) is 6.56. The van der Waals surface area contributed by atoms with Gasteiger partial charge in [0.25, 0.3) is 0 Å². The highest BCUT2D eigenvalue weighted by atomic mass is 32.2. The standard InChI is InChI=1S/C19H24N4O4S/c1-23(2)12-11-21-18(24)19(25)22-14-17(15-7-6-10-20-13-15)28(26,27)16-8-4-3-5-9-16/h3-10,13,17H,11-12,14H2,1-2H3,(H,21,24)(H,22,25)/p+1/t17-/m0/s1. The fourth-order valence-corrected chi connectivity index (χ4v) is 4.19. The lowest BCUT2D eigenvalue weighted by atomic mass is 10.2. The van der Waals surface area contributed by atoms with Crippen LogP contribution in [0.1, 0.15) is 10.8 Å². The first kappa shape index (κ1) is 21.5. The Morgan fingerprint density at radius 1 is 1.04 bits per heavy atom. The van der Waals surface area contributed by atoms with E-state index in [1.165, 1.54) is 24.5 Å². The molecule has 0 saturated heterocycles. The molecule has 3 N–H and O–H groups in total. The van der Waals surface area contributed by atoms with Crippen molar-refractivity contribution in [2.45, 2.75) is 10.1 Å². The van der Waals surface area contributed by atoms with Crippen molar-refractivity contribution in [1.29, 1.82) is 0 Å². The van der Waals surface area contributed by atoms with Gasteiger partial charge < -0.3 is 15.5 Å². The first-order valence-corrected chi connectivity index (χ1v) is 10.4. The Hall–Kier alpha value is -2.78. The maximum Gasteiger partial charge on any atom is 0.309 e. The van der Waals surface area contributed by atoms with Crippen LogP contribution in [-0.4, -0.2) is 58.9 Å². The molecule has 1 aromatic heterocycles. The van der Waals surface area contributed by atoms with Gasteiger partial charge in [-0.2, -0.15) is 0 Å². The van der Waals surface area contributed by atoms with E-state index in [-0.39, 0.29) is 11.4 Å². The molecular weight excluding hydrogens is 380 g/mol. The number of nitrogens with one attached hydrogen (secondary N) is 3. The second-order valence-corrected chi connectivity index (χ2v) is 8.69. The minimum atomic E-state index is -3.79. The zero-order valence-corrected chi connectivity index (χ0v) is 16.7. The molecule has 0 aliphatic carbocycles. The van der Waals surface area contributed by atoms with Gasteiger partial charge in [0.2, 0.25) is 0 Å². The fourth-order valence-electron chi connectivity index (χ4n) is 2.52. The molecule has 0 radical (unpaired) electrons. The number of quaternary nitrogens is 1. The quantitative estimate of drug-likeness (QED) is 0.487. The summed E-state index contributed by atoms with van der Waals surface area (Å²) in [6, 6.07) is 11.2. The summed E-state index contributed by atoms with van der Waals surface area (Å²) in [5.41, 5.74) is 0.434. The molecule has 8 nitrogen and oxygen atoms in total. The first-order valence-electron chi connectivity index (χ1n) is 8.86. The SMILES string of the molecule is C[NH+](C)CCNC(=O)C(=O)NC[C@@H](c1cccnc1)S(=O)(=O)c1ccccc1. The van der Waals surface area contributed by atoms with Crippen LogP contribution in [0.4, 0.5) is 0 Å². The van der Waals surface area contributed by atoms with Crippen molar-refractivity contribution < 1.29 is 22.9 Å². The molecule has 2 amide bonds. The van der Waals surface area contributed by atoms with E-state index >= 15 is 0 Å². The number of pyridine rings is 1. The predicted molar refractivity (Wildman–Crippen MR) is 104 cm³/mol. The number of amides is 2. The average molecular weight is 406 g/mol. The molecule has 0 bridgehead atoms. The Bertz CT molecular complexity index is 887. The number of hydrogen-bond acceptors (Lipinski definition) is 5. The molecule has 0 unspecified atom stereocenters. The van der Waals surface area contributed by atoms with Gasteiger partial charge in [-0.05, 0) is 23.8 Å². The average Bonchev–Trinajstić information content (AvgIpc) is 2.69. The largest absolute Gasteiger partial charge is 0.346 e. The van der Waals surface area contributed by atoms with Crippen molar-refractivity contribution in [3.63, 3.8) is 0 Å². The van der Waals surface area contributed by atoms with Crippen molar-refractivity contribution in [3.8, 4) is 0 Å². The summed E-state index contributed by atoms with van der Waals surface area (Å²) < 4.78 is 26.2. The fraction of sp³-hybridized carbons (Fsp3) is 0.316. The number of rotatable bonds is 8. The van der Waals surface area contributed by atoms with E-state index in [4.69, 9.17) is 0 Å². The minimum absolute atomic E-state index is 0.136. The van der Waals surface area contributed by atoms with E-state index in [2.05, 4.69) is 15.6 Å². The zero-order chi connectivity index (χ0) is 20.6. The number of nitrogens with zero attached hydrogens (tertiary/aromatic N) is 1. The Morgan fingerprint density at radius 3 is 2.32 bits per heavy atom. The molecule has 0 fully saturated rings. The number of carbonyl (C=O) groups excluding carboxylic acids is 2. The Balaban J connectivity index is 2.14. The van der Waals surface area contributed by atoms with Crippen LogP contribution < -0.4 is 15.5 Å². The van der Waals surface area contributed by atoms with Gasteiger partial charge in [-0.1, -0.05) is 24.3 Å². The molecule has 1 atom stereocenters. The second kappa shape index (κ2) is 9.95. The van der Waals surface area contributed by atoms with Gasteiger partial charge in [0.05, 0.1) is 32.1 Å². The summed E-state index contributed by atoms with van der Waals surface area (Å²) >= 11 is 0. The van der Waals surface area contributed by atoms with Crippen LogP contribution in [0.25, 0.3) is 0 Å². The van der Waals surface area contributed by atoms with E-state index < -0.39 is 26.9 Å². The van der Waals surface area contributed by atoms with Gasteiger partial charge in [-0.3, -0.25) is 14.6 Å². The van der Waals surface area contributed by atoms with Gasteiger partial charge in [-0.15, -0.1) is 0 Å². The van der Waals surface area contributed by atoms with Crippen LogP contribution in [-0.2, 0) is 19.4 Å². The van der Waals surface area contributed by atoms with E-state index in [1.807, 2.05) is 14.1 Å². The number of carbonyl (C=O) groups is 2. The van der Waals surface area contributed by atoms with E-state index in [9.17, 15) is 18.0 Å². The minimum Gasteiger partial charge on any atom is -0.346 e. The van der Waals surface area contributed by atoms with Gasteiger partial charge in [0.1, 0.15) is 5.25 Å². The van der Waals surface area contributed by atoms with Crippen molar-refractivity contribution in [2.24, 2.45) is 0 Å². The Labute approximate surface area is 164 Å². The maximum absolute atomic E-state index is 13.1. The highest BCUT2D eigenvalue weighted by molar-refractivity contribution is 7.91. The molecule has 1 aromatic carbocycles. The molecule has 0 aliphatic rings. The summed E-state index contributed by atoms with van der Waals surface area (Å²) in [6.07, 6.45) is 2.98. The molecular formula is C19H25N4O4S+. The number of likely N-dealkylation sites (N-methyl/N-ethyl adjacent to an activating group) is 1. The molecule has 0 spiro atoms. The van der Waals surface area contributed by atoms with Crippen molar-refractivity contribution in [1.82, 2.24) is 15.6 Å². The van der Waals surface area contributed by atoms with Crippen LogP contribution in [0.3, 0.4) is 0 Å². The van der Waals surface area contributed by atoms with Crippen molar-refractivity contribution in [3.05, 3.63) is 60.4 Å². The molecule has 1 heterocycles. The van der Waals surface area contributed by atoms with E-state index in [1.54, 1.807) is 30.3 Å². The Kier molecular flexibility index (Phi) is 7.65. The van der Waals surface area contributed by atoms with Crippen LogP contribution >= 0.6 is 0 Å². The molecule has 2 rings (SSSR count). The van der Waals surface area contributed by atoms with E-state index in [0.717, 1.165) is 4.90 Å². The first-order chi connectivity index (χ1) is 13.3. The third kappa shape index (κ3) is 5.86.